The number of rotatable bonds is 7. The van der Waals surface area contributed by atoms with Gasteiger partial charge >= 0.3 is 0 Å². The number of carbonyl (C=O) groups excluding carboxylic acids is 1. The van der Waals surface area contributed by atoms with E-state index in [0.29, 0.717) is 24.2 Å². The maximum atomic E-state index is 11.7. The number of hydrogen-bond donors (Lipinski definition) is 2. The summed E-state index contributed by atoms with van der Waals surface area (Å²) in [5.74, 6) is -0.00171. The minimum atomic E-state index is -0.00171. The minimum Gasteiger partial charge on any atom is -0.330 e. The van der Waals surface area contributed by atoms with Crippen molar-refractivity contribution in [3.63, 3.8) is 0 Å². The lowest BCUT2D eigenvalue weighted by atomic mass is 10.1. The lowest BCUT2D eigenvalue weighted by molar-refractivity contribution is -0.116. The van der Waals surface area contributed by atoms with Crippen LogP contribution in [0.3, 0.4) is 0 Å². The molecule has 0 heterocycles. The van der Waals surface area contributed by atoms with E-state index < -0.39 is 0 Å². The van der Waals surface area contributed by atoms with E-state index >= 15 is 0 Å². The van der Waals surface area contributed by atoms with Gasteiger partial charge in [0.1, 0.15) is 0 Å². The number of nitrogens with two attached hydrogens (primary N) is 1. The number of unbranched alkanes of at least 4 members (excludes halogenated alkanes) is 3. The molecule has 0 atom stereocenters. The predicted octanol–water partition coefficient (Wildman–Crippen LogP) is 3.17. The number of benzene rings is 1. The lowest BCUT2D eigenvalue weighted by Crippen LogP contribution is -2.11. The molecule has 3 N–H and O–H groups in total. The van der Waals surface area contributed by atoms with Gasteiger partial charge in [0, 0.05) is 10.9 Å². The molecule has 1 rings (SSSR count). The number of nitrogens with one attached hydrogen (secondary N) is 1. The summed E-state index contributed by atoms with van der Waals surface area (Å²) in [6.45, 7) is 0.713. The Kier molecular flexibility index (Phi) is 7.16. The molecule has 1 aromatic carbocycles. The molecule has 5 heteroatoms. The summed E-state index contributed by atoms with van der Waals surface area (Å²) in [7, 11) is 0. The first-order valence-electron chi connectivity index (χ1n) is 6.37. The van der Waals surface area contributed by atoms with E-state index in [-0.39, 0.29) is 5.91 Å². The molecule has 1 aromatic rings. The zero-order valence-electron chi connectivity index (χ0n) is 10.8. The highest BCUT2D eigenvalue weighted by atomic mass is 79.9. The third-order valence-corrected chi connectivity index (χ3v) is 3.39. The van der Waals surface area contributed by atoms with Crippen LogP contribution < -0.4 is 11.1 Å². The molecular weight excluding hydrogens is 306 g/mol. The van der Waals surface area contributed by atoms with Crippen LogP contribution in [0.2, 0.25) is 0 Å². The average Bonchev–Trinajstić information content (AvgIpc) is 2.41. The standard InChI is InChI=1S/C14H18BrN3O/c15-12-9-11(10-17)6-7-13(12)18-14(19)5-3-1-2-4-8-16/h6-7,9H,1-5,8,16H2,(H,18,19). The van der Waals surface area contributed by atoms with E-state index in [9.17, 15) is 4.79 Å². The van der Waals surface area contributed by atoms with E-state index in [4.69, 9.17) is 11.0 Å². The third kappa shape index (κ3) is 5.86. The number of hydrogen-bond acceptors (Lipinski definition) is 3. The number of halogens is 1. The van der Waals surface area contributed by atoms with Crippen molar-refractivity contribution in [2.45, 2.75) is 32.1 Å². The first-order valence-corrected chi connectivity index (χ1v) is 7.16. The molecule has 19 heavy (non-hydrogen) atoms. The Bertz CT molecular complexity index is 468. The molecule has 0 fully saturated rings. The van der Waals surface area contributed by atoms with Crippen molar-refractivity contribution in [1.82, 2.24) is 0 Å². The van der Waals surface area contributed by atoms with Crippen molar-refractivity contribution in [2.24, 2.45) is 5.73 Å². The molecule has 0 aliphatic heterocycles. The van der Waals surface area contributed by atoms with Crippen LogP contribution in [-0.4, -0.2) is 12.5 Å². The molecule has 0 aromatic heterocycles. The molecule has 0 radical (unpaired) electrons. The first kappa shape index (κ1) is 15.7. The molecule has 102 valence electrons. The topological polar surface area (TPSA) is 78.9 Å². The Hall–Kier alpha value is -1.38. The monoisotopic (exact) mass is 323 g/mol. The first-order chi connectivity index (χ1) is 9.17. The van der Waals surface area contributed by atoms with Crippen LogP contribution in [0.4, 0.5) is 5.69 Å². The molecular formula is C14H18BrN3O. The summed E-state index contributed by atoms with van der Waals surface area (Å²) in [5, 5.41) is 11.6. The van der Waals surface area contributed by atoms with Gasteiger partial charge in [-0.15, -0.1) is 0 Å². The van der Waals surface area contributed by atoms with Crippen LogP contribution in [-0.2, 0) is 4.79 Å². The van der Waals surface area contributed by atoms with Gasteiger partial charge in [0.05, 0.1) is 17.3 Å². The number of amides is 1. The molecule has 0 aliphatic carbocycles. The third-order valence-electron chi connectivity index (χ3n) is 2.73. The van der Waals surface area contributed by atoms with Crippen molar-refractivity contribution >= 4 is 27.5 Å². The number of nitriles is 1. The number of anilines is 1. The molecule has 0 saturated heterocycles. The van der Waals surface area contributed by atoms with E-state index in [1.54, 1.807) is 18.2 Å². The number of carbonyl (C=O) groups is 1. The second kappa shape index (κ2) is 8.68. The SMILES string of the molecule is N#Cc1ccc(NC(=O)CCCCCCN)c(Br)c1. The summed E-state index contributed by atoms with van der Waals surface area (Å²) in [5.41, 5.74) is 6.67. The van der Waals surface area contributed by atoms with E-state index in [1.807, 2.05) is 6.07 Å². The van der Waals surface area contributed by atoms with Gasteiger partial charge in [0.2, 0.25) is 5.91 Å². The Balaban J connectivity index is 2.38. The summed E-state index contributed by atoms with van der Waals surface area (Å²) < 4.78 is 0.725. The Labute approximate surface area is 122 Å². The minimum absolute atomic E-state index is 0.00171. The van der Waals surface area contributed by atoms with Gasteiger partial charge in [-0.25, -0.2) is 0 Å². The molecule has 0 unspecified atom stereocenters. The summed E-state index contributed by atoms with van der Waals surface area (Å²) in [6, 6.07) is 7.15. The van der Waals surface area contributed by atoms with Gasteiger partial charge < -0.3 is 11.1 Å². The van der Waals surface area contributed by atoms with Crippen LogP contribution in [0.25, 0.3) is 0 Å². The predicted molar refractivity (Wildman–Crippen MR) is 79.6 cm³/mol. The van der Waals surface area contributed by atoms with Crippen molar-refractivity contribution in [3.8, 4) is 6.07 Å². The summed E-state index contributed by atoms with van der Waals surface area (Å²) >= 11 is 3.34. The second-order valence-corrected chi connectivity index (χ2v) is 5.16. The van der Waals surface area contributed by atoms with Gasteiger partial charge in [0.25, 0.3) is 0 Å². The smallest absolute Gasteiger partial charge is 0.224 e. The Morgan fingerprint density at radius 2 is 2.05 bits per heavy atom. The highest BCUT2D eigenvalue weighted by molar-refractivity contribution is 9.10. The largest absolute Gasteiger partial charge is 0.330 e. The molecule has 1 amide bonds. The van der Waals surface area contributed by atoms with Gasteiger partial charge in [-0.05, 0) is 53.5 Å². The van der Waals surface area contributed by atoms with Crippen LogP contribution in [0, 0.1) is 11.3 Å². The average molecular weight is 324 g/mol. The van der Waals surface area contributed by atoms with E-state index in [0.717, 1.165) is 30.2 Å². The highest BCUT2D eigenvalue weighted by Gasteiger charge is 2.06. The van der Waals surface area contributed by atoms with Crippen molar-refractivity contribution < 1.29 is 4.79 Å². The van der Waals surface area contributed by atoms with E-state index in [1.165, 1.54) is 0 Å². The lowest BCUT2D eigenvalue weighted by Gasteiger charge is -2.07. The normalized spacial score (nSPS) is 9.95. The number of nitrogens with zero attached hydrogens (tertiary/aromatic N) is 1. The molecule has 0 spiro atoms. The van der Waals surface area contributed by atoms with Crippen LogP contribution >= 0.6 is 15.9 Å². The quantitative estimate of drug-likeness (QED) is 0.756. The molecule has 0 saturated carbocycles. The van der Waals surface area contributed by atoms with Crippen molar-refractivity contribution in [1.29, 1.82) is 5.26 Å². The van der Waals surface area contributed by atoms with Gasteiger partial charge in [-0.2, -0.15) is 5.26 Å². The molecule has 0 aliphatic rings. The van der Waals surface area contributed by atoms with Gasteiger partial charge in [-0.3, -0.25) is 4.79 Å². The highest BCUT2D eigenvalue weighted by Crippen LogP contribution is 2.23. The van der Waals surface area contributed by atoms with Crippen LogP contribution in [0.15, 0.2) is 22.7 Å². The fraction of sp³-hybridized carbons (Fsp3) is 0.429. The summed E-state index contributed by atoms with van der Waals surface area (Å²) in [6.07, 6.45) is 4.50. The Morgan fingerprint density at radius 1 is 1.32 bits per heavy atom. The van der Waals surface area contributed by atoms with Crippen LogP contribution in [0.1, 0.15) is 37.7 Å². The molecule has 4 nitrogen and oxygen atoms in total. The zero-order valence-corrected chi connectivity index (χ0v) is 12.4. The molecule has 0 bridgehead atoms. The fourth-order valence-corrected chi connectivity index (χ4v) is 2.16. The van der Waals surface area contributed by atoms with E-state index in [2.05, 4.69) is 21.2 Å². The van der Waals surface area contributed by atoms with Crippen molar-refractivity contribution in [3.05, 3.63) is 28.2 Å². The van der Waals surface area contributed by atoms with Gasteiger partial charge in [0.15, 0.2) is 0 Å². The zero-order chi connectivity index (χ0) is 14.1. The summed E-state index contributed by atoms with van der Waals surface area (Å²) in [4.78, 5) is 11.7. The van der Waals surface area contributed by atoms with Gasteiger partial charge in [-0.1, -0.05) is 12.8 Å². The second-order valence-electron chi connectivity index (χ2n) is 4.31. The van der Waals surface area contributed by atoms with Crippen LogP contribution in [0.5, 0.6) is 0 Å². The van der Waals surface area contributed by atoms with Crippen molar-refractivity contribution in [2.75, 3.05) is 11.9 Å². The maximum absolute atomic E-state index is 11.7. The Morgan fingerprint density at radius 3 is 2.68 bits per heavy atom. The fourth-order valence-electron chi connectivity index (χ4n) is 1.68. The maximum Gasteiger partial charge on any atom is 0.224 e.